The van der Waals surface area contributed by atoms with Crippen LogP contribution in [0.3, 0.4) is 0 Å². The van der Waals surface area contributed by atoms with Crippen molar-refractivity contribution >= 4 is 51.4 Å². The number of rotatable bonds is 5. The van der Waals surface area contributed by atoms with Crippen molar-refractivity contribution in [2.75, 3.05) is 0 Å². The smallest absolute Gasteiger partial charge is 0.338 e. The molecule has 2 aromatic heterocycles. The van der Waals surface area contributed by atoms with Crippen LogP contribution in [0.1, 0.15) is 15.9 Å². The van der Waals surface area contributed by atoms with Crippen LogP contribution >= 0.6 is 34.5 Å². The van der Waals surface area contributed by atoms with Crippen molar-refractivity contribution in [1.29, 1.82) is 0 Å². The first-order valence-corrected chi connectivity index (χ1v) is 12.0. The summed E-state index contributed by atoms with van der Waals surface area (Å²) < 4.78 is 16.0. The molecule has 0 amide bonds. The Balaban J connectivity index is 1.70. The van der Waals surface area contributed by atoms with E-state index in [0.717, 1.165) is 16.5 Å². The maximum absolute atomic E-state index is 13.9. The molecule has 0 aliphatic carbocycles. The fourth-order valence-corrected chi connectivity index (χ4v) is 4.98. The Morgan fingerprint density at radius 3 is 2.37 bits per heavy atom. The summed E-state index contributed by atoms with van der Waals surface area (Å²) >= 11 is 13.5. The van der Waals surface area contributed by atoms with Gasteiger partial charge in [-0.05, 0) is 65.2 Å². The molecule has 5 aromatic rings. The van der Waals surface area contributed by atoms with Crippen molar-refractivity contribution in [3.63, 3.8) is 0 Å². The molecule has 35 heavy (non-hydrogen) atoms. The van der Waals surface area contributed by atoms with Crippen LogP contribution in [0.2, 0.25) is 9.36 Å². The van der Waals surface area contributed by atoms with Gasteiger partial charge in [0.15, 0.2) is 5.82 Å². The van der Waals surface area contributed by atoms with Crippen LogP contribution in [0, 0.1) is 5.82 Å². The minimum atomic E-state index is -1.36. The molecule has 0 spiro atoms. The summed E-state index contributed by atoms with van der Waals surface area (Å²) in [5.74, 6) is -1.71. The number of carboxylic acids is 1. The minimum absolute atomic E-state index is 0.258. The van der Waals surface area contributed by atoms with Gasteiger partial charge >= 0.3 is 5.97 Å². The number of carbonyl (C=O) groups is 1. The summed E-state index contributed by atoms with van der Waals surface area (Å²) in [4.78, 5) is 30.6. The largest absolute Gasteiger partial charge is 0.478 e. The van der Waals surface area contributed by atoms with E-state index in [2.05, 4.69) is 0 Å². The SMILES string of the molecule is O=C(O)c1cc(-c2ccc3nc(-c4ccc(Cl)s4)n(Cc4ccc(Cl)cc4)c(=O)c3c2)ccc1F. The van der Waals surface area contributed by atoms with Gasteiger partial charge in [0.25, 0.3) is 5.56 Å². The lowest BCUT2D eigenvalue weighted by Crippen LogP contribution is -2.24. The maximum Gasteiger partial charge on any atom is 0.338 e. The molecule has 0 saturated carbocycles. The van der Waals surface area contributed by atoms with Gasteiger partial charge in [0, 0.05) is 5.02 Å². The van der Waals surface area contributed by atoms with Crippen LogP contribution in [0.15, 0.2) is 77.6 Å². The first-order chi connectivity index (χ1) is 16.8. The molecule has 0 fully saturated rings. The van der Waals surface area contributed by atoms with E-state index in [4.69, 9.17) is 28.2 Å². The first kappa shape index (κ1) is 23.2. The second kappa shape index (κ2) is 9.26. The molecular weight excluding hydrogens is 510 g/mol. The van der Waals surface area contributed by atoms with Crippen LogP contribution in [0.5, 0.6) is 0 Å². The number of aromatic carboxylic acids is 1. The lowest BCUT2D eigenvalue weighted by atomic mass is 10.0. The summed E-state index contributed by atoms with van der Waals surface area (Å²) in [6.45, 7) is 0.258. The third-order valence-corrected chi connectivity index (χ3v) is 7.01. The number of nitrogens with zero attached hydrogens (tertiary/aromatic N) is 2. The second-order valence-electron chi connectivity index (χ2n) is 7.79. The summed E-state index contributed by atoms with van der Waals surface area (Å²) in [5, 5.41) is 10.2. The Bertz CT molecular complexity index is 1660. The van der Waals surface area contributed by atoms with Crippen molar-refractivity contribution in [3.8, 4) is 21.8 Å². The molecule has 0 unspecified atom stereocenters. The molecule has 5 rings (SSSR count). The predicted octanol–water partition coefficient (Wildman–Crippen LogP) is 6.98. The summed E-state index contributed by atoms with van der Waals surface area (Å²) in [7, 11) is 0. The van der Waals surface area contributed by atoms with Crippen LogP contribution in [0.4, 0.5) is 4.39 Å². The molecule has 0 aliphatic rings. The Morgan fingerprint density at radius 1 is 0.971 bits per heavy atom. The number of thiophene rings is 1. The highest BCUT2D eigenvalue weighted by Crippen LogP contribution is 2.31. The summed E-state index contributed by atoms with van der Waals surface area (Å²) in [6, 6.07) is 19.7. The molecule has 0 radical (unpaired) electrons. The Kier molecular flexibility index (Phi) is 6.15. The molecule has 9 heteroatoms. The van der Waals surface area contributed by atoms with Crippen LogP contribution in [-0.2, 0) is 6.54 Å². The average molecular weight is 525 g/mol. The number of hydrogen-bond acceptors (Lipinski definition) is 4. The highest BCUT2D eigenvalue weighted by atomic mass is 35.5. The lowest BCUT2D eigenvalue weighted by molar-refractivity contribution is 0.0692. The Morgan fingerprint density at radius 2 is 1.69 bits per heavy atom. The van der Waals surface area contributed by atoms with E-state index in [1.54, 1.807) is 41.0 Å². The van der Waals surface area contributed by atoms with Gasteiger partial charge in [-0.25, -0.2) is 14.2 Å². The zero-order valence-corrected chi connectivity index (χ0v) is 20.2. The summed E-state index contributed by atoms with van der Waals surface area (Å²) in [6.07, 6.45) is 0. The molecular formula is C26H15Cl2FN2O3S. The number of benzene rings is 3. The van der Waals surface area contributed by atoms with Crippen molar-refractivity contribution < 1.29 is 14.3 Å². The lowest BCUT2D eigenvalue weighted by Gasteiger charge is -2.14. The topological polar surface area (TPSA) is 72.2 Å². The van der Waals surface area contributed by atoms with Gasteiger partial charge in [-0.1, -0.05) is 47.5 Å². The monoisotopic (exact) mass is 524 g/mol. The molecule has 174 valence electrons. The number of fused-ring (bicyclic) bond motifs is 1. The molecule has 2 heterocycles. The highest BCUT2D eigenvalue weighted by molar-refractivity contribution is 7.19. The van der Waals surface area contributed by atoms with Gasteiger partial charge in [-0.15, -0.1) is 11.3 Å². The van der Waals surface area contributed by atoms with Crippen molar-refractivity contribution in [2.24, 2.45) is 0 Å². The normalized spacial score (nSPS) is 11.2. The van der Waals surface area contributed by atoms with Crippen molar-refractivity contribution in [2.45, 2.75) is 6.54 Å². The van der Waals surface area contributed by atoms with Gasteiger partial charge in [0.1, 0.15) is 5.82 Å². The first-order valence-electron chi connectivity index (χ1n) is 10.4. The number of carboxylic acid groups (broad SMARTS) is 1. The average Bonchev–Trinajstić information content (AvgIpc) is 3.28. The standard InChI is InChI=1S/C26H15Cl2FN2O3S/c27-17-5-1-14(2-6-17)13-31-24(22-9-10-23(28)35-22)30-21-8-4-16(12-19(21)25(31)32)15-3-7-20(29)18(11-15)26(33)34/h1-12H,13H2,(H,33,34). The number of halogens is 3. The van der Waals surface area contributed by atoms with E-state index in [1.165, 1.54) is 23.5 Å². The zero-order chi connectivity index (χ0) is 24.7. The predicted molar refractivity (Wildman–Crippen MR) is 137 cm³/mol. The van der Waals surface area contributed by atoms with Gasteiger partial charge in [0.2, 0.25) is 0 Å². The van der Waals surface area contributed by atoms with Crippen LogP contribution in [0.25, 0.3) is 32.7 Å². The molecule has 5 nitrogen and oxygen atoms in total. The van der Waals surface area contributed by atoms with Crippen molar-refractivity contribution in [3.05, 3.63) is 109 Å². The van der Waals surface area contributed by atoms with E-state index in [9.17, 15) is 19.1 Å². The fourth-order valence-electron chi connectivity index (χ4n) is 3.81. The second-order valence-corrected chi connectivity index (χ2v) is 9.94. The third kappa shape index (κ3) is 4.58. The van der Waals surface area contributed by atoms with Crippen LogP contribution < -0.4 is 5.56 Å². The van der Waals surface area contributed by atoms with Gasteiger partial charge < -0.3 is 5.11 Å². The van der Waals surface area contributed by atoms with E-state index in [1.807, 2.05) is 18.2 Å². The van der Waals surface area contributed by atoms with E-state index in [-0.39, 0.29) is 12.1 Å². The maximum atomic E-state index is 13.9. The molecule has 3 aromatic carbocycles. The zero-order valence-electron chi connectivity index (χ0n) is 17.8. The van der Waals surface area contributed by atoms with Gasteiger partial charge in [-0.3, -0.25) is 9.36 Å². The van der Waals surface area contributed by atoms with Gasteiger partial charge in [0.05, 0.1) is 32.2 Å². The summed E-state index contributed by atoms with van der Waals surface area (Å²) in [5.41, 5.74) is 1.68. The van der Waals surface area contributed by atoms with E-state index < -0.39 is 17.3 Å². The minimum Gasteiger partial charge on any atom is -0.478 e. The third-order valence-electron chi connectivity index (χ3n) is 5.53. The molecule has 0 atom stereocenters. The van der Waals surface area contributed by atoms with Crippen molar-refractivity contribution in [1.82, 2.24) is 9.55 Å². The highest BCUT2D eigenvalue weighted by Gasteiger charge is 2.17. The Labute approximate surface area is 212 Å². The fraction of sp³-hybridized carbons (Fsp3) is 0.0385. The number of hydrogen-bond donors (Lipinski definition) is 1. The van der Waals surface area contributed by atoms with Crippen LogP contribution in [-0.4, -0.2) is 20.6 Å². The van der Waals surface area contributed by atoms with Gasteiger partial charge in [-0.2, -0.15) is 0 Å². The quantitative estimate of drug-likeness (QED) is 0.269. The molecule has 0 bridgehead atoms. The molecule has 0 saturated heterocycles. The van der Waals surface area contributed by atoms with E-state index >= 15 is 0 Å². The molecule has 1 N–H and O–H groups in total. The Hall–Kier alpha value is -3.52. The molecule has 0 aliphatic heterocycles. The number of aromatic nitrogens is 2. The van der Waals surface area contributed by atoms with E-state index in [0.29, 0.717) is 37.2 Å².